The second kappa shape index (κ2) is 49.8. The summed E-state index contributed by atoms with van der Waals surface area (Å²) in [5.41, 5.74) is 0. The van der Waals surface area contributed by atoms with Gasteiger partial charge in [-0.3, -0.25) is 14.4 Å². The molecule has 0 aliphatic rings. The van der Waals surface area contributed by atoms with Gasteiger partial charge in [-0.1, -0.05) is 223 Å². The summed E-state index contributed by atoms with van der Waals surface area (Å²) in [4.78, 5) is 37.9. The fourth-order valence-corrected chi connectivity index (χ4v) is 7.18. The zero-order chi connectivity index (χ0) is 44.4. The number of hydrogen-bond donors (Lipinski definition) is 0. The summed E-state index contributed by atoms with van der Waals surface area (Å²) in [5, 5.41) is 0. The van der Waals surface area contributed by atoms with Gasteiger partial charge in [0.15, 0.2) is 6.10 Å². The van der Waals surface area contributed by atoms with Crippen molar-refractivity contribution in [3.8, 4) is 0 Å². The summed E-state index contributed by atoms with van der Waals surface area (Å²) >= 11 is 0. The van der Waals surface area contributed by atoms with Crippen LogP contribution in [0.2, 0.25) is 0 Å². The molecule has 61 heavy (non-hydrogen) atoms. The van der Waals surface area contributed by atoms with Crippen LogP contribution in [0.15, 0.2) is 60.8 Å². The summed E-state index contributed by atoms with van der Waals surface area (Å²) in [5.74, 6) is -0.907. The Labute approximate surface area is 377 Å². The lowest BCUT2D eigenvalue weighted by atomic mass is 10.0. The molecule has 6 heteroatoms. The normalized spacial score (nSPS) is 12.5. The molecule has 0 amide bonds. The first-order valence-corrected chi connectivity index (χ1v) is 25.8. The summed E-state index contributed by atoms with van der Waals surface area (Å²) in [6.07, 6.45) is 60.6. The second-order valence-electron chi connectivity index (χ2n) is 17.1. The number of allylic oxidation sites excluding steroid dienone is 10. The van der Waals surface area contributed by atoms with Crippen molar-refractivity contribution in [2.45, 2.75) is 258 Å². The lowest BCUT2D eigenvalue weighted by Gasteiger charge is -2.18. The standard InChI is InChI=1S/C55H96O6/c1-4-7-10-13-16-19-22-25-26-27-28-31-33-36-39-42-45-48-54(57)60-51-52(61-55(58)49-46-43-40-37-34-30-24-21-18-15-12-9-6-3)50-59-53(56)47-44-41-38-35-32-29-23-20-17-14-11-8-5-2/h9,12,15-16,18-19,21,24-26,52H,4-8,10-11,13-14,17,20,22-23,27-51H2,1-3H3/b12-9-,18-15-,19-16-,24-21-,26-25-. The van der Waals surface area contributed by atoms with Crippen LogP contribution in [0.4, 0.5) is 0 Å². The first kappa shape index (κ1) is 58.1. The predicted molar refractivity (Wildman–Crippen MR) is 261 cm³/mol. The molecule has 0 rings (SSSR count). The number of carbonyl (C=O) groups is 3. The summed E-state index contributed by atoms with van der Waals surface area (Å²) in [6, 6.07) is 0. The lowest BCUT2D eigenvalue weighted by Crippen LogP contribution is -2.30. The Morgan fingerprint density at radius 1 is 0.361 bits per heavy atom. The number of rotatable bonds is 46. The van der Waals surface area contributed by atoms with Crippen molar-refractivity contribution in [3.63, 3.8) is 0 Å². The van der Waals surface area contributed by atoms with Crippen LogP contribution in [0.5, 0.6) is 0 Å². The average molecular weight is 853 g/mol. The first-order chi connectivity index (χ1) is 30.0. The monoisotopic (exact) mass is 853 g/mol. The smallest absolute Gasteiger partial charge is 0.306 e. The Morgan fingerprint density at radius 2 is 0.705 bits per heavy atom. The molecule has 0 bridgehead atoms. The molecule has 0 heterocycles. The van der Waals surface area contributed by atoms with E-state index in [1.165, 1.54) is 116 Å². The van der Waals surface area contributed by atoms with Gasteiger partial charge in [-0.15, -0.1) is 0 Å². The molecule has 0 fully saturated rings. The zero-order valence-electron chi connectivity index (χ0n) is 40.2. The topological polar surface area (TPSA) is 78.9 Å². The maximum absolute atomic E-state index is 12.8. The van der Waals surface area contributed by atoms with Crippen molar-refractivity contribution in [1.29, 1.82) is 0 Å². The van der Waals surface area contributed by atoms with Gasteiger partial charge in [-0.25, -0.2) is 0 Å². The molecular formula is C55H96O6. The molecule has 0 aromatic heterocycles. The van der Waals surface area contributed by atoms with Gasteiger partial charge in [0, 0.05) is 19.3 Å². The van der Waals surface area contributed by atoms with E-state index in [9.17, 15) is 14.4 Å². The highest BCUT2D eigenvalue weighted by Crippen LogP contribution is 2.15. The van der Waals surface area contributed by atoms with Gasteiger partial charge < -0.3 is 14.2 Å². The van der Waals surface area contributed by atoms with Gasteiger partial charge in [0.1, 0.15) is 13.2 Å². The van der Waals surface area contributed by atoms with E-state index < -0.39 is 6.10 Å². The minimum absolute atomic E-state index is 0.0835. The third kappa shape index (κ3) is 48.0. The van der Waals surface area contributed by atoms with E-state index in [0.717, 1.165) is 96.3 Å². The van der Waals surface area contributed by atoms with Crippen molar-refractivity contribution in [2.75, 3.05) is 13.2 Å². The molecule has 0 N–H and O–H groups in total. The predicted octanol–water partition coefficient (Wildman–Crippen LogP) is 16.9. The van der Waals surface area contributed by atoms with Crippen LogP contribution in [-0.2, 0) is 28.6 Å². The molecule has 1 unspecified atom stereocenters. The van der Waals surface area contributed by atoms with Gasteiger partial charge in [0.2, 0.25) is 0 Å². The van der Waals surface area contributed by atoms with Crippen LogP contribution in [0.3, 0.4) is 0 Å². The van der Waals surface area contributed by atoms with Crippen LogP contribution in [-0.4, -0.2) is 37.2 Å². The quantitative estimate of drug-likeness (QED) is 0.0200. The number of esters is 3. The maximum atomic E-state index is 12.8. The number of unbranched alkanes of at least 4 members (excludes halogenated alkanes) is 27. The Balaban J connectivity index is 4.39. The molecule has 1 atom stereocenters. The summed E-state index contributed by atoms with van der Waals surface area (Å²) < 4.78 is 16.8. The molecule has 0 saturated carbocycles. The van der Waals surface area contributed by atoms with Crippen molar-refractivity contribution >= 4 is 17.9 Å². The van der Waals surface area contributed by atoms with E-state index in [2.05, 4.69) is 81.5 Å². The Morgan fingerprint density at radius 3 is 1.15 bits per heavy atom. The largest absolute Gasteiger partial charge is 0.462 e. The summed E-state index contributed by atoms with van der Waals surface area (Å²) in [7, 11) is 0. The second-order valence-corrected chi connectivity index (χ2v) is 17.1. The molecule has 352 valence electrons. The van der Waals surface area contributed by atoms with Crippen LogP contribution >= 0.6 is 0 Å². The minimum Gasteiger partial charge on any atom is -0.462 e. The van der Waals surface area contributed by atoms with E-state index in [-0.39, 0.29) is 31.1 Å². The number of carbonyl (C=O) groups excluding carboxylic acids is 3. The van der Waals surface area contributed by atoms with Gasteiger partial charge in [0.25, 0.3) is 0 Å². The van der Waals surface area contributed by atoms with Crippen LogP contribution in [0.1, 0.15) is 252 Å². The molecule has 6 nitrogen and oxygen atoms in total. The van der Waals surface area contributed by atoms with Crippen molar-refractivity contribution in [1.82, 2.24) is 0 Å². The van der Waals surface area contributed by atoms with Gasteiger partial charge in [-0.2, -0.15) is 0 Å². The van der Waals surface area contributed by atoms with Crippen LogP contribution in [0.25, 0.3) is 0 Å². The highest BCUT2D eigenvalue weighted by atomic mass is 16.6. The Hall–Kier alpha value is -2.89. The van der Waals surface area contributed by atoms with E-state index in [0.29, 0.717) is 19.3 Å². The third-order valence-electron chi connectivity index (χ3n) is 11.1. The highest BCUT2D eigenvalue weighted by molar-refractivity contribution is 5.71. The molecular weight excluding hydrogens is 757 g/mol. The van der Waals surface area contributed by atoms with Crippen molar-refractivity contribution in [2.24, 2.45) is 0 Å². The zero-order valence-corrected chi connectivity index (χ0v) is 40.2. The molecule has 0 radical (unpaired) electrons. The SMILES string of the molecule is CC\C=C/C=C\C=C/CCCCCCCC(=O)OC(COC(=O)CCCCCCCCC/C=C\C/C=C\CCCCC)COC(=O)CCCCCCCCCCCCCCC. The van der Waals surface area contributed by atoms with Gasteiger partial charge in [-0.05, 0) is 70.6 Å². The molecule has 0 aliphatic carbocycles. The fraction of sp³-hybridized carbons (Fsp3) is 0.764. The molecule has 0 aromatic carbocycles. The third-order valence-corrected chi connectivity index (χ3v) is 11.1. The minimum atomic E-state index is -0.785. The maximum Gasteiger partial charge on any atom is 0.306 e. The average Bonchev–Trinajstić information content (AvgIpc) is 3.26. The molecule has 0 aromatic rings. The molecule has 0 saturated heterocycles. The number of hydrogen-bond acceptors (Lipinski definition) is 6. The Kier molecular flexibility index (Phi) is 47.4. The number of ether oxygens (including phenoxy) is 3. The fourth-order valence-electron chi connectivity index (χ4n) is 7.18. The first-order valence-electron chi connectivity index (χ1n) is 25.8. The van der Waals surface area contributed by atoms with E-state index >= 15 is 0 Å². The van der Waals surface area contributed by atoms with E-state index in [1.54, 1.807) is 0 Å². The van der Waals surface area contributed by atoms with E-state index in [4.69, 9.17) is 14.2 Å². The van der Waals surface area contributed by atoms with E-state index in [1.807, 2.05) is 0 Å². The molecule has 0 spiro atoms. The Bertz CT molecular complexity index is 1120. The van der Waals surface area contributed by atoms with Crippen molar-refractivity contribution in [3.05, 3.63) is 60.8 Å². The van der Waals surface area contributed by atoms with Gasteiger partial charge >= 0.3 is 17.9 Å². The van der Waals surface area contributed by atoms with Crippen LogP contribution in [0, 0.1) is 0 Å². The molecule has 0 aliphatic heterocycles. The van der Waals surface area contributed by atoms with Crippen molar-refractivity contribution < 1.29 is 28.6 Å². The van der Waals surface area contributed by atoms with Gasteiger partial charge in [0.05, 0.1) is 0 Å². The highest BCUT2D eigenvalue weighted by Gasteiger charge is 2.19. The lowest BCUT2D eigenvalue weighted by molar-refractivity contribution is -0.167. The summed E-state index contributed by atoms with van der Waals surface area (Å²) in [6.45, 7) is 6.46. The van der Waals surface area contributed by atoms with Crippen LogP contribution < -0.4 is 0 Å².